The van der Waals surface area contributed by atoms with Crippen molar-refractivity contribution in [1.82, 2.24) is 10.6 Å². The van der Waals surface area contributed by atoms with Crippen LogP contribution in [0.3, 0.4) is 0 Å². The summed E-state index contributed by atoms with van der Waals surface area (Å²) in [5.41, 5.74) is 0. The second kappa shape index (κ2) is 8.07. The Morgan fingerprint density at radius 2 is 2.27 bits per heavy atom. The molecule has 7 heteroatoms. The predicted octanol–water partition coefficient (Wildman–Crippen LogP) is 2.24. The Kier molecular flexibility index (Phi) is 6.11. The first-order valence-electron chi connectivity index (χ1n) is 6.94. The first-order valence-corrected chi connectivity index (χ1v) is 7.76. The van der Waals surface area contributed by atoms with Crippen molar-refractivity contribution in [3.05, 3.63) is 35.0 Å². The van der Waals surface area contributed by atoms with Gasteiger partial charge >= 0.3 is 6.03 Å². The van der Waals surface area contributed by atoms with Crippen LogP contribution in [0.25, 0.3) is 10.1 Å². The molecule has 22 heavy (non-hydrogen) atoms. The Hall–Kier alpha value is -1.70. The summed E-state index contributed by atoms with van der Waals surface area (Å²) in [6, 6.07) is 5.80. The molecule has 1 atom stereocenters. The summed E-state index contributed by atoms with van der Waals surface area (Å²) in [6.07, 6.45) is 0.544. The van der Waals surface area contributed by atoms with Gasteiger partial charge in [0.05, 0.1) is 19.2 Å². The number of nitrogens with one attached hydrogen (secondary N) is 2. The number of hydrogen-bond donors (Lipinski definition) is 3. The fourth-order valence-electron chi connectivity index (χ4n) is 2.03. The molecule has 0 saturated heterocycles. The Bertz CT molecular complexity index is 632. The number of carbonyl (C=O) groups is 1. The van der Waals surface area contributed by atoms with Gasteiger partial charge in [0, 0.05) is 23.3 Å². The molecular formula is C15H19FN2O3S. The Morgan fingerprint density at radius 1 is 1.45 bits per heavy atom. The van der Waals surface area contributed by atoms with Gasteiger partial charge in [-0.25, -0.2) is 9.18 Å². The number of aliphatic hydroxyl groups is 1. The van der Waals surface area contributed by atoms with Crippen LogP contribution in [0, 0.1) is 5.82 Å². The smallest absolute Gasteiger partial charge is 0.315 e. The third-order valence-corrected chi connectivity index (χ3v) is 4.29. The van der Waals surface area contributed by atoms with Crippen LogP contribution in [-0.2, 0) is 11.3 Å². The third-order valence-electron chi connectivity index (χ3n) is 3.18. The maximum absolute atomic E-state index is 13.1. The second-order valence-electron chi connectivity index (χ2n) is 4.88. The fourth-order valence-corrected chi connectivity index (χ4v) is 3.01. The molecule has 1 aromatic carbocycles. The molecular weight excluding hydrogens is 307 g/mol. The van der Waals surface area contributed by atoms with Crippen LogP contribution in [0.5, 0.6) is 0 Å². The lowest BCUT2D eigenvalue weighted by atomic mass is 10.2. The number of fused-ring (bicyclic) bond motifs is 1. The minimum Gasteiger partial charge on any atom is -0.394 e. The maximum atomic E-state index is 13.1. The summed E-state index contributed by atoms with van der Waals surface area (Å²) >= 11 is 1.51. The van der Waals surface area contributed by atoms with Crippen LogP contribution >= 0.6 is 11.3 Å². The van der Waals surface area contributed by atoms with E-state index in [0.717, 1.165) is 15.0 Å². The number of thiophene rings is 1. The van der Waals surface area contributed by atoms with Crippen molar-refractivity contribution in [1.29, 1.82) is 0 Å². The summed E-state index contributed by atoms with van der Waals surface area (Å²) in [5, 5.41) is 15.4. The standard InChI is InChI=1S/C15H19FN2O3S/c1-21-5-4-12(9-19)18-15(20)17-8-13-7-10-6-11(16)2-3-14(10)22-13/h2-3,6-7,12,19H,4-5,8-9H2,1H3,(H2,17,18,20)/t12-/m1/s1. The van der Waals surface area contributed by atoms with Gasteiger partial charge in [-0.3, -0.25) is 0 Å². The molecule has 0 aliphatic rings. The third kappa shape index (κ3) is 4.66. The van der Waals surface area contributed by atoms with Gasteiger partial charge in [0.2, 0.25) is 0 Å². The normalized spacial score (nSPS) is 12.3. The lowest BCUT2D eigenvalue weighted by Gasteiger charge is -2.16. The van der Waals surface area contributed by atoms with Gasteiger partial charge in [-0.2, -0.15) is 0 Å². The molecule has 3 N–H and O–H groups in total. The number of urea groups is 1. The van der Waals surface area contributed by atoms with Crippen LogP contribution in [0.4, 0.5) is 9.18 Å². The van der Waals surface area contributed by atoms with Crippen molar-refractivity contribution in [3.8, 4) is 0 Å². The van der Waals surface area contributed by atoms with E-state index in [-0.39, 0.29) is 24.5 Å². The topological polar surface area (TPSA) is 70.6 Å². The van der Waals surface area contributed by atoms with E-state index in [1.54, 1.807) is 13.2 Å². The van der Waals surface area contributed by atoms with E-state index >= 15 is 0 Å². The zero-order chi connectivity index (χ0) is 15.9. The first kappa shape index (κ1) is 16.7. The lowest BCUT2D eigenvalue weighted by Crippen LogP contribution is -2.43. The van der Waals surface area contributed by atoms with Gasteiger partial charge < -0.3 is 20.5 Å². The van der Waals surface area contributed by atoms with Crippen LogP contribution in [0.2, 0.25) is 0 Å². The van der Waals surface area contributed by atoms with Crippen LogP contribution in [0.1, 0.15) is 11.3 Å². The van der Waals surface area contributed by atoms with Gasteiger partial charge in [0.15, 0.2) is 0 Å². The number of carbonyl (C=O) groups excluding carboxylic acids is 1. The van der Waals surface area contributed by atoms with Gasteiger partial charge in [-0.05, 0) is 36.1 Å². The monoisotopic (exact) mass is 326 g/mol. The zero-order valence-electron chi connectivity index (χ0n) is 12.3. The maximum Gasteiger partial charge on any atom is 0.315 e. The molecule has 0 spiro atoms. The molecule has 5 nitrogen and oxygen atoms in total. The minimum atomic E-state index is -0.348. The van der Waals surface area contributed by atoms with Gasteiger partial charge in [-0.1, -0.05) is 0 Å². The molecule has 2 aromatic rings. The fraction of sp³-hybridized carbons (Fsp3) is 0.400. The second-order valence-corrected chi connectivity index (χ2v) is 6.05. The molecule has 1 heterocycles. The molecule has 2 rings (SSSR count). The van der Waals surface area contributed by atoms with Crippen molar-refractivity contribution >= 4 is 27.5 Å². The van der Waals surface area contributed by atoms with E-state index < -0.39 is 0 Å². The SMILES string of the molecule is COCC[C@H](CO)NC(=O)NCc1cc2cc(F)ccc2s1. The van der Waals surface area contributed by atoms with Crippen molar-refractivity contribution in [2.45, 2.75) is 19.0 Å². The van der Waals surface area contributed by atoms with Crippen LogP contribution in [0.15, 0.2) is 24.3 Å². The molecule has 0 aliphatic heterocycles. The van der Waals surface area contributed by atoms with Crippen molar-refractivity contribution in [3.63, 3.8) is 0 Å². The number of methoxy groups -OCH3 is 1. The number of ether oxygens (including phenoxy) is 1. The highest BCUT2D eigenvalue weighted by Gasteiger charge is 2.11. The molecule has 1 aromatic heterocycles. The minimum absolute atomic E-state index is 0.140. The summed E-state index contributed by atoms with van der Waals surface area (Å²) < 4.78 is 19.0. The number of aliphatic hydroxyl groups excluding tert-OH is 1. The van der Waals surface area contributed by atoms with Crippen molar-refractivity contribution < 1.29 is 19.0 Å². The number of rotatable bonds is 7. The van der Waals surface area contributed by atoms with E-state index in [2.05, 4.69) is 10.6 Å². The van der Waals surface area contributed by atoms with Crippen molar-refractivity contribution in [2.24, 2.45) is 0 Å². The summed E-state index contributed by atoms with van der Waals surface area (Å²) in [5.74, 6) is -0.272. The van der Waals surface area contributed by atoms with Gasteiger partial charge in [0.25, 0.3) is 0 Å². The van der Waals surface area contributed by atoms with Gasteiger partial charge in [-0.15, -0.1) is 11.3 Å². The zero-order valence-corrected chi connectivity index (χ0v) is 13.1. The number of benzene rings is 1. The number of amides is 2. The van der Waals surface area contributed by atoms with E-state index in [1.807, 2.05) is 6.07 Å². The molecule has 0 unspecified atom stereocenters. The molecule has 0 fully saturated rings. The van der Waals surface area contributed by atoms with Crippen LogP contribution in [-0.4, -0.2) is 37.5 Å². The van der Waals surface area contributed by atoms with Crippen molar-refractivity contribution in [2.75, 3.05) is 20.3 Å². The Morgan fingerprint density at radius 3 is 3.00 bits per heavy atom. The number of hydrogen-bond acceptors (Lipinski definition) is 4. The number of halogens is 1. The average molecular weight is 326 g/mol. The molecule has 2 amide bonds. The molecule has 0 saturated carbocycles. The highest BCUT2D eigenvalue weighted by molar-refractivity contribution is 7.19. The van der Waals surface area contributed by atoms with E-state index in [0.29, 0.717) is 19.6 Å². The van der Waals surface area contributed by atoms with Crippen LogP contribution < -0.4 is 10.6 Å². The molecule has 0 bridgehead atoms. The summed E-state index contributed by atoms with van der Waals surface area (Å²) in [7, 11) is 1.57. The Balaban J connectivity index is 1.86. The van der Waals surface area contributed by atoms with Gasteiger partial charge in [0.1, 0.15) is 5.82 Å². The molecule has 120 valence electrons. The summed E-state index contributed by atoms with van der Waals surface area (Å²) in [6.45, 7) is 0.682. The van der Waals surface area contributed by atoms with E-state index in [1.165, 1.54) is 23.5 Å². The Labute approximate surface area is 132 Å². The molecule has 0 radical (unpaired) electrons. The summed E-state index contributed by atoms with van der Waals surface area (Å²) in [4.78, 5) is 12.7. The lowest BCUT2D eigenvalue weighted by molar-refractivity contribution is 0.159. The first-order chi connectivity index (χ1) is 10.6. The highest BCUT2D eigenvalue weighted by atomic mass is 32.1. The van der Waals surface area contributed by atoms with E-state index in [4.69, 9.17) is 4.74 Å². The highest BCUT2D eigenvalue weighted by Crippen LogP contribution is 2.26. The van der Waals surface area contributed by atoms with E-state index in [9.17, 15) is 14.3 Å². The molecule has 0 aliphatic carbocycles. The largest absolute Gasteiger partial charge is 0.394 e. The predicted molar refractivity (Wildman–Crippen MR) is 84.5 cm³/mol. The average Bonchev–Trinajstić information content (AvgIpc) is 2.91. The quantitative estimate of drug-likeness (QED) is 0.731.